The van der Waals surface area contributed by atoms with E-state index >= 15 is 0 Å². The second kappa shape index (κ2) is 7.37. The standard InChI is InChI=1S/C20H23N5O3/c26-18-12-14(13-25(18)7-6-24-8-10-27-11-9-24)20-22-19(23-28-20)16-2-1-3-17-15(16)4-5-21-17/h1-5,14,21H,6-13H2. The molecule has 8 nitrogen and oxygen atoms in total. The van der Waals surface area contributed by atoms with Gasteiger partial charge in [-0.05, 0) is 12.1 Å². The monoisotopic (exact) mass is 381 g/mol. The van der Waals surface area contributed by atoms with Gasteiger partial charge in [0.25, 0.3) is 0 Å². The predicted octanol–water partition coefficient (Wildman–Crippen LogP) is 1.87. The molecule has 0 bridgehead atoms. The van der Waals surface area contributed by atoms with E-state index in [1.807, 2.05) is 35.4 Å². The Morgan fingerprint density at radius 3 is 2.96 bits per heavy atom. The van der Waals surface area contributed by atoms with Crippen LogP contribution < -0.4 is 0 Å². The van der Waals surface area contributed by atoms with E-state index in [0.29, 0.717) is 24.7 Å². The number of nitrogens with one attached hydrogen (secondary N) is 1. The fourth-order valence-corrected chi connectivity index (χ4v) is 4.03. The number of hydrogen-bond donors (Lipinski definition) is 1. The Morgan fingerprint density at radius 2 is 2.07 bits per heavy atom. The Morgan fingerprint density at radius 1 is 1.18 bits per heavy atom. The highest BCUT2D eigenvalue weighted by Crippen LogP contribution is 2.30. The van der Waals surface area contributed by atoms with E-state index in [4.69, 9.17) is 9.26 Å². The van der Waals surface area contributed by atoms with Crippen LogP contribution in [0.15, 0.2) is 35.0 Å². The zero-order valence-corrected chi connectivity index (χ0v) is 15.6. The van der Waals surface area contributed by atoms with Crippen molar-refractivity contribution in [1.29, 1.82) is 0 Å². The van der Waals surface area contributed by atoms with E-state index in [-0.39, 0.29) is 11.8 Å². The molecule has 2 aliphatic heterocycles. The van der Waals surface area contributed by atoms with Crippen molar-refractivity contribution in [3.05, 3.63) is 36.4 Å². The van der Waals surface area contributed by atoms with Gasteiger partial charge in [-0.1, -0.05) is 17.3 Å². The predicted molar refractivity (Wildman–Crippen MR) is 103 cm³/mol. The first-order valence-electron chi connectivity index (χ1n) is 9.76. The maximum atomic E-state index is 12.4. The lowest BCUT2D eigenvalue weighted by atomic mass is 10.1. The first-order chi connectivity index (χ1) is 13.8. The molecule has 0 spiro atoms. The molecule has 8 heteroatoms. The average molecular weight is 381 g/mol. The van der Waals surface area contributed by atoms with E-state index in [1.54, 1.807) is 0 Å². The number of carbonyl (C=O) groups is 1. The number of aromatic amines is 1. The van der Waals surface area contributed by atoms with Crippen molar-refractivity contribution in [1.82, 2.24) is 24.9 Å². The van der Waals surface area contributed by atoms with Crippen molar-refractivity contribution >= 4 is 16.8 Å². The minimum Gasteiger partial charge on any atom is -0.379 e. The number of rotatable bonds is 5. The van der Waals surface area contributed by atoms with Gasteiger partial charge in [0.2, 0.25) is 17.6 Å². The lowest BCUT2D eigenvalue weighted by molar-refractivity contribution is -0.128. The van der Waals surface area contributed by atoms with E-state index in [9.17, 15) is 4.79 Å². The van der Waals surface area contributed by atoms with E-state index in [0.717, 1.165) is 55.9 Å². The Kier molecular flexibility index (Phi) is 4.58. The topological polar surface area (TPSA) is 87.5 Å². The first-order valence-corrected chi connectivity index (χ1v) is 9.76. The van der Waals surface area contributed by atoms with Crippen molar-refractivity contribution in [2.24, 2.45) is 0 Å². The largest absolute Gasteiger partial charge is 0.379 e. The second-order valence-corrected chi connectivity index (χ2v) is 7.40. The van der Waals surface area contributed by atoms with Crippen LogP contribution in [0.2, 0.25) is 0 Å². The van der Waals surface area contributed by atoms with Gasteiger partial charge in [-0.15, -0.1) is 0 Å². The highest BCUT2D eigenvalue weighted by molar-refractivity contribution is 5.93. The summed E-state index contributed by atoms with van der Waals surface area (Å²) in [5.74, 6) is 1.23. The van der Waals surface area contributed by atoms with Crippen LogP contribution in [-0.2, 0) is 9.53 Å². The molecule has 1 atom stereocenters. The third-order valence-electron chi connectivity index (χ3n) is 5.63. The van der Waals surface area contributed by atoms with Gasteiger partial charge in [0.1, 0.15) is 0 Å². The minimum absolute atomic E-state index is 0.0381. The molecule has 4 heterocycles. The third kappa shape index (κ3) is 3.29. The van der Waals surface area contributed by atoms with Crippen LogP contribution in [-0.4, -0.2) is 76.8 Å². The summed E-state index contributed by atoms with van der Waals surface area (Å²) in [6.07, 6.45) is 2.33. The average Bonchev–Trinajstić information content (AvgIpc) is 3.46. The molecule has 2 fully saturated rings. The number of nitrogens with zero attached hydrogens (tertiary/aromatic N) is 4. The summed E-state index contributed by atoms with van der Waals surface area (Å²) in [5.41, 5.74) is 1.97. The molecule has 1 unspecified atom stereocenters. The molecule has 146 valence electrons. The third-order valence-corrected chi connectivity index (χ3v) is 5.63. The van der Waals surface area contributed by atoms with E-state index < -0.39 is 0 Å². The summed E-state index contributed by atoms with van der Waals surface area (Å²) in [6.45, 7) is 5.67. The maximum absolute atomic E-state index is 12.4. The molecule has 2 saturated heterocycles. The number of ether oxygens (including phenoxy) is 1. The summed E-state index contributed by atoms with van der Waals surface area (Å²) in [4.78, 5) is 24.5. The zero-order valence-electron chi connectivity index (χ0n) is 15.6. The number of aromatic nitrogens is 3. The van der Waals surface area contributed by atoms with Crippen molar-refractivity contribution < 1.29 is 14.1 Å². The molecule has 5 rings (SSSR count). The summed E-state index contributed by atoms with van der Waals surface area (Å²) < 4.78 is 10.9. The van der Waals surface area contributed by atoms with Crippen LogP contribution >= 0.6 is 0 Å². The first kappa shape index (κ1) is 17.4. The summed E-state index contributed by atoms with van der Waals surface area (Å²) >= 11 is 0. The van der Waals surface area contributed by atoms with Crippen molar-refractivity contribution in [3.8, 4) is 11.4 Å². The second-order valence-electron chi connectivity index (χ2n) is 7.40. The van der Waals surface area contributed by atoms with Crippen molar-refractivity contribution in [2.75, 3.05) is 45.9 Å². The van der Waals surface area contributed by atoms with Gasteiger partial charge in [-0.2, -0.15) is 4.98 Å². The molecule has 0 radical (unpaired) electrons. The fourth-order valence-electron chi connectivity index (χ4n) is 4.03. The van der Waals surface area contributed by atoms with Crippen LogP contribution in [0.3, 0.4) is 0 Å². The molecular weight excluding hydrogens is 358 g/mol. The summed E-state index contributed by atoms with van der Waals surface area (Å²) in [5, 5.41) is 5.24. The molecule has 28 heavy (non-hydrogen) atoms. The smallest absolute Gasteiger partial charge is 0.232 e. The van der Waals surface area contributed by atoms with E-state index in [1.165, 1.54) is 0 Å². The van der Waals surface area contributed by atoms with Gasteiger partial charge in [0.15, 0.2) is 0 Å². The molecule has 1 N–H and O–H groups in total. The normalized spacial score (nSPS) is 21.1. The Labute approximate surface area is 162 Å². The van der Waals surface area contributed by atoms with Gasteiger partial charge in [-0.3, -0.25) is 9.69 Å². The van der Waals surface area contributed by atoms with Crippen LogP contribution in [0.25, 0.3) is 22.3 Å². The molecule has 0 saturated carbocycles. The lowest BCUT2D eigenvalue weighted by Gasteiger charge is -2.28. The van der Waals surface area contributed by atoms with Crippen LogP contribution in [0.4, 0.5) is 0 Å². The molecule has 2 aliphatic rings. The molecule has 1 amide bonds. The molecule has 0 aliphatic carbocycles. The number of benzene rings is 1. The molecule has 2 aromatic heterocycles. The van der Waals surface area contributed by atoms with Gasteiger partial charge in [0.05, 0.1) is 19.1 Å². The van der Waals surface area contributed by atoms with E-state index in [2.05, 4.69) is 20.0 Å². The summed E-state index contributed by atoms with van der Waals surface area (Å²) in [6, 6.07) is 7.98. The molecular formula is C20H23N5O3. The number of hydrogen-bond acceptors (Lipinski definition) is 6. The minimum atomic E-state index is -0.0381. The number of carbonyl (C=O) groups excluding carboxylic acids is 1. The van der Waals surface area contributed by atoms with Gasteiger partial charge in [0, 0.05) is 61.8 Å². The van der Waals surface area contributed by atoms with Crippen LogP contribution in [0, 0.1) is 0 Å². The van der Waals surface area contributed by atoms with Crippen molar-refractivity contribution in [2.45, 2.75) is 12.3 Å². The quantitative estimate of drug-likeness (QED) is 0.726. The number of amides is 1. The number of morpholine rings is 1. The highest BCUT2D eigenvalue weighted by atomic mass is 16.5. The zero-order chi connectivity index (χ0) is 18.9. The van der Waals surface area contributed by atoms with Crippen LogP contribution in [0.5, 0.6) is 0 Å². The maximum Gasteiger partial charge on any atom is 0.232 e. The highest BCUT2D eigenvalue weighted by Gasteiger charge is 2.34. The van der Waals surface area contributed by atoms with Gasteiger partial charge < -0.3 is 19.1 Å². The Balaban J connectivity index is 1.27. The Hall–Kier alpha value is -2.71. The Bertz CT molecular complexity index is 975. The SMILES string of the molecule is O=C1CC(c2nc(-c3cccc4[nH]ccc34)no2)CN1CCN1CCOCC1. The fraction of sp³-hybridized carbons (Fsp3) is 0.450. The number of H-pyrrole nitrogens is 1. The number of fused-ring (bicyclic) bond motifs is 1. The lowest BCUT2D eigenvalue weighted by Crippen LogP contribution is -2.41. The van der Waals surface area contributed by atoms with Gasteiger partial charge in [-0.25, -0.2) is 0 Å². The molecule has 1 aromatic carbocycles. The molecule has 3 aromatic rings. The number of likely N-dealkylation sites (tertiary alicyclic amines) is 1. The van der Waals surface area contributed by atoms with Crippen LogP contribution in [0.1, 0.15) is 18.2 Å². The van der Waals surface area contributed by atoms with Crippen molar-refractivity contribution in [3.63, 3.8) is 0 Å². The van der Waals surface area contributed by atoms with Gasteiger partial charge >= 0.3 is 0 Å². The summed E-state index contributed by atoms with van der Waals surface area (Å²) in [7, 11) is 0.